The number of benzene rings is 2. The van der Waals surface area contributed by atoms with Crippen LogP contribution in [-0.2, 0) is 16.6 Å². The Morgan fingerprint density at radius 2 is 1.92 bits per heavy atom. The standard InChI is InChI=1S/C15H12ClFN4O2S/c16-12-2-1-11(10-21-8-7-18-20-21)15(9-12)19-24(22,23)14-5-3-13(17)4-6-14/h1-9,19H,10H2. The summed E-state index contributed by atoms with van der Waals surface area (Å²) in [6.07, 6.45) is 3.19. The van der Waals surface area contributed by atoms with Crippen molar-refractivity contribution < 1.29 is 12.8 Å². The third-order valence-corrected chi connectivity index (χ3v) is 4.86. The van der Waals surface area contributed by atoms with Crippen LogP contribution in [0.25, 0.3) is 0 Å². The van der Waals surface area contributed by atoms with E-state index in [4.69, 9.17) is 11.6 Å². The molecule has 3 rings (SSSR count). The molecule has 0 bridgehead atoms. The molecule has 2 aromatic carbocycles. The summed E-state index contributed by atoms with van der Waals surface area (Å²) in [6.45, 7) is 0.318. The number of nitrogens with zero attached hydrogens (tertiary/aromatic N) is 3. The molecule has 24 heavy (non-hydrogen) atoms. The van der Waals surface area contributed by atoms with Crippen LogP contribution >= 0.6 is 11.6 Å². The van der Waals surface area contributed by atoms with E-state index in [1.54, 1.807) is 23.0 Å². The first-order chi connectivity index (χ1) is 11.4. The maximum Gasteiger partial charge on any atom is 0.261 e. The molecule has 0 saturated heterocycles. The summed E-state index contributed by atoms with van der Waals surface area (Å²) >= 11 is 5.98. The highest BCUT2D eigenvalue weighted by atomic mass is 35.5. The lowest BCUT2D eigenvalue weighted by molar-refractivity contribution is 0.599. The molecule has 9 heteroatoms. The van der Waals surface area contributed by atoms with Crippen molar-refractivity contribution in [3.05, 3.63) is 71.3 Å². The Kier molecular flexibility index (Phi) is 4.50. The Morgan fingerprint density at radius 3 is 2.58 bits per heavy atom. The lowest BCUT2D eigenvalue weighted by atomic mass is 10.2. The van der Waals surface area contributed by atoms with Gasteiger partial charge in [-0.15, -0.1) is 5.10 Å². The molecular formula is C15H12ClFN4O2S. The maximum atomic E-state index is 13.0. The van der Waals surface area contributed by atoms with Crippen molar-refractivity contribution in [1.29, 1.82) is 0 Å². The van der Waals surface area contributed by atoms with Gasteiger partial charge in [0.1, 0.15) is 5.82 Å². The van der Waals surface area contributed by atoms with Gasteiger partial charge in [0.2, 0.25) is 0 Å². The van der Waals surface area contributed by atoms with Crippen molar-refractivity contribution >= 4 is 27.3 Å². The third kappa shape index (κ3) is 3.72. The lowest BCUT2D eigenvalue weighted by Gasteiger charge is -2.13. The highest BCUT2D eigenvalue weighted by Gasteiger charge is 2.17. The van der Waals surface area contributed by atoms with Crippen molar-refractivity contribution in [2.45, 2.75) is 11.4 Å². The predicted octanol–water partition coefficient (Wildman–Crippen LogP) is 2.92. The van der Waals surface area contributed by atoms with Gasteiger partial charge in [0.15, 0.2) is 0 Å². The highest BCUT2D eigenvalue weighted by Crippen LogP contribution is 2.25. The van der Waals surface area contributed by atoms with Crippen LogP contribution in [0.1, 0.15) is 5.56 Å². The number of rotatable bonds is 5. The lowest BCUT2D eigenvalue weighted by Crippen LogP contribution is -2.15. The number of aromatic nitrogens is 3. The Labute approximate surface area is 142 Å². The molecule has 0 unspecified atom stereocenters. The quantitative estimate of drug-likeness (QED) is 0.753. The molecule has 1 heterocycles. The van der Waals surface area contributed by atoms with Gasteiger partial charge < -0.3 is 0 Å². The van der Waals surface area contributed by atoms with Crippen LogP contribution in [0.4, 0.5) is 10.1 Å². The molecule has 0 amide bonds. The zero-order valence-electron chi connectivity index (χ0n) is 12.2. The van der Waals surface area contributed by atoms with Crippen molar-refractivity contribution in [2.75, 3.05) is 4.72 Å². The summed E-state index contributed by atoms with van der Waals surface area (Å²) in [5.74, 6) is -0.511. The normalized spacial score (nSPS) is 11.4. The first kappa shape index (κ1) is 16.4. The van der Waals surface area contributed by atoms with E-state index < -0.39 is 15.8 Å². The fourth-order valence-corrected chi connectivity index (χ4v) is 3.35. The minimum absolute atomic E-state index is 0.0458. The number of hydrogen-bond donors (Lipinski definition) is 1. The molecule has 0 fully saturated rings. The van der Waals surface area contributed by atoms with E-state index in [2.05, 4.69) is 15.0 Å². The molecule has 0 aliphatic heterocycles. The smallest absolute Gasteiger partial charge is 0.261 e. The maximum absolute atomic E-state index is 13.0. The summed E-state index contributed by atoms with van der Waals surface area (Å²) in [4.78, 5) is -0.0458. The molecule has 0 radical (unpaired) electrons. The van der Waals surface area contributed by atoms with Gasteiger partial charge in [-0.05, 0) is 42.0 Å². The monoisotopic (exact) mass is 366 g/mol. The SMILES string of the molecule is O=S(=O)(Nc1cc(Cl)ccc1Cn1ccnn1)c1ccc(F)cc1. The van der Waals surface area contributed by atoms with Crippen LogP contribution in [0, 0.1) is 5.82 Å². The average molecular weight is 367 g/mol. The van der Waals surface area contributed by atoms with Crippen LogP contribution in [-0.4, -0.2) is 23.4 Å². The van der Waals surface area contributed by atoms with Gasteiger partial charge in [0.05, 0.1) is 23.3 Å². The second-order valence-corrected chi connectivity index (χ2v) is 7.08. The van der Waals surface area contributed by atoms with E-state index in [-0.39, 0.29) is 4.90 Å². The number of nitrogens with one attached hydrogen (secondary N) is 1. The first-order valence-corrected chi connectivity index (χ1v) is 8.71. The van der Waals surface area contributed by atoms with E-state index in [0.29, 0.717) is 22.8 Å². The number of anilines is 1. The molecule has 0 aliphatic carbocycles. The molecule has 124 valence electrons. The minimum Gasteiger partial charge on any atom is -0.279 e. The fraction of sp³-hybridized carbons (Fsp3) is 0.0667. The van der Waals surface area contributed by atoms with E-state index >= 15 is 0 Å². The van der Waals surface area contributed by atoms with Crippen LogP contribution < -0.4 is 4.72 Å². The molecule has 0 spiro atoms. The van der Waals surface area contributed by atoms with E-state index in [9.17, 15) is 12.8 Å². The Balaban J connectivity index is 1.93. The summed E-state index contributed by atoms with van der Waals surface area (Å²) in [7, 11) is -3.87. The third-order valence-electron chi connectivity index (χ3n) is 3.24. The Hall–Kier alpha value is -2.45. The van der Waals surface area contributed by atoms with Gasteiger partial charge in [0, 0.05) is 11.2 Å². The highest BCUT2D eigenvalue weighted by molar-refractivity contribution is 7.92. The topological polar surface area (TPSA) is 76.9 Å². The van der Waals surface area contributed by atoms with Gasteiger partial charge in [-0.2, -0.15) is 0 Å². The van der Waals surface area contributed by atoms with Crippen LogP contribution in [0.15, 0.2) is 59.8 Å². The molecule has 6 nitrogen and oxygen atoms in total. The van der Waals surface area contributed by atoms with Gasteiger partial charge in [-0.1, -0.05) is 22.9 Å². The molecule has 1 aromatic heterocycles. The molecule has 3 aromatic rings. The summed E-state index contributed by atoms with van der Waals surface area (Å²) < 4.78 is 42.0. The summed E-state index contributed by atoms with van der Waals surface area (Å²) in [6, 6.07) is 9.43. The second-order valence-electron chi connectivity index (χ2n) is 4.96. The molecule has 1 N–H and O–H groups in total. The Morgan fingerprint density at radius 1 is 1.17 bits per heavy atom. The van der Waals surface area contributed by atoms with Crippen molar-refractivity contribution in [1.82, 2.24) is 15.0 Å². The Bertz CT molecular complexity index is 944. The number of hydrogen-bond acceptors (Lipinski definition) is 4. The average Bonchev–Trinajstić information content (AvgIpc) is 3.03. The predicted molar refractivity (Wildman–Crippen MR) is 87.8 cm³/mol. The number of halogens is 2. The zero-order chi connectivity index (χ0) is 17.2. The fourth-order valence-electron chi connectivity index (χ4n) is 2.09. The van der Waals surface area contributed by atoms with Gasteiger partial charge in [-0.25, -0.2) is 17.5 Å². The van der Waals surface area contributed by atoms with Crippen LogP contribution in [0.3, 0.4) is 0 Å². The van der Waals surface area contributed by atoms with Crippen molar-refractivity contribution in [3.63, 3.8) is 0 Å². The van der Waals surface area contributed by atoms with Crippen LogP contribution in [0.2, 0.25) is 5.02 Å². The zero-order valence-corrected chi connectivity index (χ0v) is 13.8. The van der Waals surface area contributed by atoms with Crippen molar-refractivity contribution in [2.24, 2.45) is 0 Å². The largest absolute Gasteiger partial charge is 0.279 e. The molecule has 0 saturated carbocycles. The second kappa shape index (κ2) is 6.58. The van der Waals surface area contributed by atoms with E-state index in [0.717, 1.165) is 12.1 Å². The van der Waals surface area contributed by atoms with Gasteiger partial charge in [0.25, 0.3) is 10.0 Å². The minimum atomic E-state index is -3.87. The first-order valence-electron chi connectivity index (χ1n) is 6.85. The number of sulfonamides is 1. The van der Waals surface area contributed by atoms with E-state index in [1.165, 1.54) is 24.4 Å². The molecule has 0 aliphatic rings. The summed E-state index contributed by atoms with van der Waals surface area (Å²) in [5.41, 5.74) is 0.984. The van der Waals surface area contributed by atoms with Gasteiger partial charge in [-0.3, -0.25) is 4.72 Å². The van der Waals surface area contributed by atoms with E-state index in [1.807, 2.05) is 0 Å². The molecular weight excluding hydrogens is 355 g/mol. The van der Waals surface area contributed by atoms with Crippen LogP contribution in [0.5, 0.6) is 0 Å². The summed E-state index contributed by atoms with van der Waals surface area (Å²) in [5, 5.41) is 7.95. The van der Waals surface area contributed by atoms with Crippen molar-refractivity contribution in [3.8, 4) is 0 Å². The molecule has 0 atom stereocenters. The van der Waals surface area contributed by atoms with Gasteiger partial charge >= 0.3 is 0 Å².